The Labute approximate surface area is 101 Å². The molecule has 0 aliphatic heterocycles. The Kier molecular flexibility index (Phi) is 9.17. The SMILES string of the molecule is C.CC(C)(C)OCCOCCOC(C)(C)C. The smallest absolute Gasteiger partial charge is 0.0707 e. The van der Waals surface area contributed by atoms with Crippen LogP contribution in [-0.2, 0) is 14.2 Å². The minimum atomic E-state index is -0.0781. The Morgan fingerprint density at radius 2 is 0.938 bits per heavy atom. The molecule has 0 aromatic rings. The van der Waals surface area contributed by atoms with Crippen molar-refractivity contribution in [1.82, 2.24) is 0 Å². The van der Waals surface area contributed by atoms with Crippen molar-refractivity contribution < 1.29 is 14.2 Å². The fourth-order valence-electron chi connectivity index (χ4n) is 0.916. The lowest BCUT2D eigenvalue weighted by molar-refractivity contribution is -0.0610. The summed E-state index contributed by atoms with van der Waals surface area (Å²) in [7, 11) is 0. The van der Waals surface area contributed by atoms with E-state index >= 15 is 0 Å². The van der Waals surface area contributed by atoms with Gasteiger partial charge in [0.15, 0.2) is 0 Å². The summed E-state index contributed by atoms with van der Waals surface area (Å²) in [6.07, 6.45) is 0. The van der Waals surface area contributed by atoms with Gasteiger partial charge in [-0.25, -0.2) is 0 Å². The number of hydrogen-bond donors (Lipinski definition) is 0. The summed E-state index contributed by atoms with van der Waals surface area (Å²) in [4.78, 5) is 0. The minimum Gasteiger partial charge on any atom is -0.377 e. The first-order chi connectivity index (χ1) is 6.71. The molecular formula is C13H30O3. The highest BCUT2D eigenvalue weighted by molar-refractivity contribution is 4.59. The van der Waals surface area contributed by atoms with E-state index in [4.69, 9.17) is 14.2 Å². The Balaban J connectivity index is 0. The van der Waals surface area contributed by atoms with Crippen LogP contribution >= 0.6 is 0 Å². The summed E-state index contributed by atoms with van der Waals surface area (Å²) < 4.78 is 16.4. The first kappa shape index (κ1) is 18.3. The second-order valence-corrected chi connectivity index (χ2v) is 5.53. The molecule has 0 saturated heterocycles. The van der Waals surface area contributed by atoms with E-state index in [-0.39, 0.29) is 18.6 Å². The lowest BCUT2D eigenvalue weighted by Gasteiger charge is -2.20. The lowest BCUT2D eigenvalue weighted by atomic mass is 10.2. The average Bonchev–Trinajstić information content (AvgIpc) is 1.98. The van der Waals surface area contributed by atoms with Gasteiger partial charge in [0.05, 0.1) is 37.6 Å². The third-order valence-corrected chi connectivity index (χ3v) is 1.53. The van der Waals surface area contributed by atoms with E-state index in [0.29, 0.717) is 26.4 Å². The monoisotopic (exact) mass is 234 g/mol. The van der Waals surface area contributed by atoms with Gasteiger partial charge in [-0.3, -0.25) is 0 Å². The van der Waals surface area contributed by atoms with E-state index in [1.807, 2.05) is 41.5 Å². The third-order valence-electron chi connectivity index (χ3n) is 1.53. The van der Waals surface area contributed by atoms with Crippen LogP contribution in [-0.4, -0.2) is 37.6 Å². The molecule has 3 heteroatoms. The van der Waals surface area contributed by atoms with Crippen molar-refractivity contribution in [1.29, 1.82) is 0 Å². The van der Waals surface area contributed by atoms with E-state index in [0.717, 1.165) is 0 Å². The van der Waals surface area contributed by atoms with Gasteiger partial charge in [-0.2, -0.15) is 0 Å². The van der Waals surface area contributed by atoms with Gasteiger partial charge in [-0.15, -0.1) is 0 Å². The number of ether oxygens (including phenoxy) is 3. The molecule has 0 radical (unpaired) electrons. The molecule has 0 heterocycles. The zero-order chi connectivity index (χ0) is 11.9. The van der Waals surface area contributed by atoms with Gasteiger partial charge in [-0.1, -0.05) is 7.43 Å². The molecule has 0 aromatic carbocycles. The number of rotatable bonds is 6. The van der Waals surface area contributed by atoms with E-state index in [1.54, 1.807) is 0 Å². The summed E-state index contributed by atoms with van der Waals surface area (Å²) in [5.41, 5.74) is -0.156. The van der Waals surface area contributed by atoms with Crippen LogP contribution in [0.1, 0.15) is 49.0 Å². The second-order valence-electron chi connectivity index (χ2n) is 5.53. The van der Waals surface area contributed by atoms with Gasteiger partial charge in [0, 0.05) is 0 Å². The van der Waals surface area contributed by atoms with E-state index in [1.165, 1.54) is 0 Å². The highest BCUT2D eigenvalue weighted by Crippen LogP contribution is 2.06. The summed E-state index contributed by atoms with van der Waals surface area (Å²) in [6.45, 7) is 14.8. The maximum absolute atomic E-state index is 5.51. The predicted molar refractivity (Wildman–Crippen MR) is 69.0 cm³/mol. The quantitative estimate of drug-likeness (QED) is 0.660. The van der Waals surface area contributed by atoms with Crippen LogP contribution in [0.25, 0.3) is 0 Å². The predicted octanol–water partition coefficient (Wildman–Crippen LogP) is 3.27. The Bertz CT molecular complexity index is 136. The maximum Gasteiger partial charge on any atom is 0.0707 e. The first-order valence-electron chi connectivity index (χ1n) is 5.56. The molecule has 0 bridgehead atoms. The standard InChI is InChI=1S/C12H26O3.CH4/c1-11(2,3)14-9-7-13-8-10-15-12(4,5)6;/h7-10H2,1-6H3;1H4. The second kappa shape index (κ2) is 8.04. The number of hydrogen-bond acceptors (Lipinski definition) is 3. The molecule has 0 N–H and O–H groups in total. The van der Waals surface area contributed by atoms with Crippen LogP contribution in [0, 0.1) is 0 Å². The van der Waals surface area contributed by atoms with Gasteiger partial charge in [0.2, 0.25) is 0 Å². The van der Waals surface area contributed by atoms with Gasteiger partial charge < -0.3 is 14.2 Å². The maximum atomic E-state index is 5.51. The van der Waals surface area contributed by atoms with Crippen molar-refractivity contribution in [2.45, 2.75) is 60.2 Å². The lowest BCUT2D eigenvalue weighted by Crippen LogP contribution is -2.24. The Hall–Kier alpha value is -0.120. The molecule has 0 saturated carbocycles. The van der Waals surface area contributed by atoms with E-state index in [9.17, 15) is 0 Å². The fourth-order valence-corrected chi connectivity index (χ4v) is 0.916. The van der Waals surface area contributed by atoms with Crippen LogP contribution in [0.2, 0.25) is 0 Å². The highest BCUT2D eigenvalue weighted by atomic mass is 16.6. The third kappa shape index (κ3) is 16.3. The summed E-state index contributed by atoms with van der Waals surface area (Å²) >= 11 is 0. The van der Waals surface area contributed by atoms with Crippen molar-refractivity contribution in [2.24, 2.45) is 0 Å². The van der Waals surface area contributed by atoms with Crippen LogP contribution < -0.4 is 0 Å². The van der Waals surface area contributed by atoms with Gasteiger partial charge in [-0.05, 0) is 41.5 Å². The molecule has 0 rings (SSSR count). The Morgan fingerprint density at radius 1 is 0.625 bits per heavy atom. The average molecular weight is 234 g/mol. The molecule has 0 aliphatic rings. The van der Waals surface area contributed by atoms with Crippen LogP contribution in [0.15, 0.2) is 0 Å². The molecular weight excluding hydrogens is 204 g/mol. The molecule has 0 aliphatic carbocycles. The van der Waals surface area contributed by atoms with Crippen LogP contribution in [0.4, 0.5) is 0 Å². The van der Waals surface area contributed by atoms with Crippen molar-refractivity contribution >= 4 is 0 Å². The van der Waals surface area contributed by atoms with Crippen molar-refractivity contribution in [3.05, 3.63) is 0 Å². The van der Waals surface area contributed by atoms with Crippen molar-refractivity contribution in [3.63, 3.8) is 0 Å². The molecule has 16 heavy (non-hydrogen) atoms. The van der Waals surface area contributed by atoms with E-state index < -0.39 is 0 Å². The van der Waals surface area contributed by atoms with Crippen molar-refractivity contribution in [2.75, 3.05) is 26.4 Å². The molecule has 0 spiro atoms. The molecule has 100 valence electrons. The topological polar surface area (TPSA) is 27.7 Å². The summed E-state index contributed by atoms with van der Waals surface area (Å²) in [6, 6.07) is 0. The van der Waals surface area contributed by atoms with Gasteiger partial charge in [0.25, 0.3) is 0 Å². The van der Waals surface area contributed by atoms with Crippen molar-refractivity contribution in [3.8, 4) is 0 Å². The normalized spacial score (nSPS) is 12.4. The van der Waals surface area contributed by atoms with E-state index in [2.05, 4.69) is 0 Å². The molecule has 0 unspecified atom stereocenters. The zero-order valence-corrected chi connectivity index (χ0v) is 11.1. The molecule has 0 atom stereocenters. The summed E-state index contributed by atoms with van der Waals surface area (Å²) in [5, 5.41) is 0. The molecule has 3 nitrogen and oxygen atoms in total. The largest absolute Gasteiger partial charge is 0.377 e. The van der Waals surface area contributed by atoms with Gasteiger partial charge in [0.1, 0.15) is 0 Å². The highest BCUT2D eigenvalue weighted by Gasteiger charge is 2.10. The summed E-state index contributed by atoms with van der Waals surface area (Å²) in [5.74, 6) is 0. The zero-order valence-electron chi connectivity index (χ0n) is 11.1. The molecule has 0 fully saturated rings. The minimum absolute atomic E-state index is 0. The van der Waals surface area contributed by atoms with Gasteiger partial charge >= 0.3 is 0 Å². The first-order valence-corrected chi connectivity index (χ1v) is 5.56. The fraction of sp³-hybridized carbons (Fsp3) is 1.00. The Morgan fingerprint density at radius 3 is 1.19 bits per heavy atom. The van der Waals surface area contributed by atoms with Crippen LogP contribution in [0.3, 0.4) is 0 Å². The molecule has 0 aromatic heterocycles. The molecule has 0 amide bonds. The van der Waals surface area contributed by atoms with Crippen LogP contribution in [0.5, 0.6) is 0 Å².